The number of fused-ring (bicyclic) bond motifs is 9. The van der Waals surface area contributed by atoms with Crippen LogP contribution < -0.4 is 0 Å². The minimum Gasteiger partial charge on any atom is -0.307 e. The summed E-state index contributed by atoms with van der Waals surface area (Å²) in [5.74, 6) is 0.638. The monoisotopic (exact) mass is 956 g/mol. The van der Waals surface area contributed by atoms with E-state index in [2.05, 4.69) is 275 Å². The van der Waals surface area contributed by atoms with Crippen molar-refractivity contribution in [1.82, 2.24) is 28.7 Å². The Balaban J connectivity index is 1.14. The highest BCUT2D eigenvalue weighted by atomic mass is 15.1. The normalized spacial score (nSPS) is 11.7. The molecule has 0 bridgehead atoms. The molecule has 6 nitrogen and oxygen atoms in total. The van der Waals surface area contributed by atoms with E-state index >= 15 is 0 Å². The van der Waals surface area contributed by atoms with Gasteiger partial charge < -0.3 is 13.7 Å². The highest BCUT2D eigenvalue weighted by molar-refractivity contribution is 6.13. The number of hydrogen-bond donors (Lipinski definition) is 0. The second-order valence-corrected chi connectivity index (χ2v) is 19.1. The molecule has 0 amide bonds. The van der Waals surface area contributed by atoms with E-state index in [4.69, 9.17) is 15.0 Å². The molecule has 6 heteroatoms. The average Bonchev–Trinajstić information content (AvgIpc) is 4.19. The molecule has 0 saturated carbocycles. The van der Waals surface area contributed by atoms with Crippen LogP contribution in [0.3, 0.4) is 0 Å². The number of pyridine rings is 1. The summed E-state index contributed by atoms with van der Waals surface area (Å²) in [7, 11) is 0. The van der Waals surface area contributed by atoms with E-state index in [1.54, 1.807) is 0 Å². The molecule has 350 valence electrons. The summed E-state index contributed by atoms with van der Waals surface area (Å²) in [6.07, 6.45) is 1.90. The minimum atomic E-state index is 0.638. The second kappa shape index (κ2) is 17.3. The summed E-state index contributed by atoms with van der Waals surface area (Å²) in [6.45, 7) is 0. The van der Waals surface area contributed by atoms with Crippen LogP contribution in [0.4, 0.5) is 0 Å². The predicted octanol–water partition coefficient (Wildman–Crippen LogP) is 17.5. The van der Waals surface area contributed by atoms with Crippen LogP contribution in [0, 0.1) is 0 Å². The largest absolute Gasteiger partial charge is 0.307 e. The fourth-order valence-corrected chi connectivity index (χ4v) is 11.7. The van der Waals surface area contributed by atoms with Crippen LogP contribution in [-0.4, -0.2) is 28.7 Å². The number of para-hydroxylation sites is 5. The molecule has 0 spiro atoms. The Bertz CT molecular complexity index is 4320. The van der Waals surface area contributed by atoms with Gasteiger partial charge in [0.2, 0.25) is 0 Å². The molecule has 15 rings (SSSR count). The van der Waals surface area contributed by atoms with E-state index < -0.39 is 0 Å². The van der Waals surface area contributed by atoms with Gasteiger partial charge in [-0.3, -0.25) is 4.98 Å². The van der Waals surface area contributed by atoms with Crippen LogP contribution in [0.25, 0.3) is 139 Å². The van der Waals surface area contributed by atoms with E-state index in [1.165, 1.54) is 21.5 Å². The molecule has 75 heavy (non-hydrogen) atoms. The third-order valence-corrected chi connectivity index (χ3v) is 14.9. The van der Waals surface area contributed by atoms with Crippen molar-refractivity contribution in [3.63, 3.8) is 0 Å². The van der Waals surface area contributed by atoms with Crippen molar-refractivity contribution in [1.29, 1.82) is 0 Å². The van der Waals surface area contributed by atoms with Gasteiger partial charge in [0.25, 0.3) is 0 Å². The Morgan fingerprint density at radius 2 is 0.653 bits per heavy atom. The number of rotatable bonds is 8. The van der Waals surface area contributed by atoms with E-state index in [9.17, 15) is 0 Å². The lowest BCUT2D eigenvalue weighted by Crippen LogP contribution is -2.10. The van der Waals surface area contributed by atoms with Crippen molar-refractivity contribution in [3.05, 3.63) is 267 Å². The summed E-state index contributed by atoms with van der Waals surface area (Å²) in [5, 5.41) is 5.78. The highest BCUT2D eigenvalue weighted by Gasteiger charge is 2.27. The quantitative estimate of drug-likeness (QED) is 0.152. The molecule has 15 aromatic rings. The maximum Gasteiger partial charge on any atom is 0.161 e. The van der Waals surface area contributed by atoms with E-state index in [1.807, 2.05) is 6.20 Å². The molecule has 0 N–H and O–H groups in total. The molecule has 0 atom stereocenters. The summed E-state index contributed by atoms with van der Waals surface area (Å²) in [4.78, 5) is 16.4. The van der Waals surface area contributed by atoms with Gasteiger partial charge in [-0.2, -0.15) is 0 Å². The first-order chi connectivity index (χ1) is 37.2. The topological polar surface area (TPSA) is 53.5 Å². The summed E-state index contributed by atoms with van der Waals surface area (Å²) >= 11 is 0. The third kappa shape index (κ3) is 6.77. The van der Waals surface area contributed by atoms with Crippen molar-refractivity contribution in [2.45, 2.75) is 0 Å². The molecule has 0 aliphatic rings. The van der Waals surface area contributed by atoms with Gasteiger partial charge in [-0.1, -0.05) is 200 Å². The lowest BCUT2D eigenvalue weighted by Gasteiger charge is -2.24. The molecule has 0 saturated heterocycles. The van der Waals surface area contributed by atoms with Crippen molar-refractivity contribution < 1.29 is 0 Å². The molecule has 0 aliphatic carbocycles. The van der Waals surface area contributed by atoms with Crippen molar-refractivity contribution in [2.75, 3.05) is 0 Å². The van der Waals surface area contributed by atoms with Gasteiger partial charge in [0.15, 0.2) is 5.82 Å². The zero-order valence-corrected chi connectivity index (χ0v) is 40.6. The first kappa shape index (κ1) is 42.5. The average molecular weight is 957 g/mol. The molecular formula is C69H44N6. The maximum atomic E-state index is 5.73. The maximum absolute atomic E-state index is 5.73. The van der Waals surface area contributed by atoms with Crippen LogP contribution >= 0.6 is 0 Å². The van der Waals surface area contributed by atoms with Crippen LogP contribution in [0.1, 0.15) is 0 Å². The number of benzene rings is 10. The Kier molecular flexibility index (Phi) is 9.78. The van der Waals surface area contributed by atoms with Crippen LogP contribution in [0.15, 0.2) is 267 Å². The lowest BCUT2D eigenvalue weighted by molar-refractivity contribution is 1.05. The van der Waals surface area contributed by atoms with Crippen molar-refractivity contribution in [3.8, 4) is 73.2 Å². The molecule has 0 unspecified atom stereocenters. The van der Waals surface area contributed by atoms with Crippen LogP contribution in [0.5, 0.6) is 0 Å². The van der Waals surface area contributed by atoms with Crippen LogP contribution in [0.2, 0.25) is 0 Å². The lowest BCUT2D eigenvalue weighted by atomic mass is 9.95. The summed E-state index contributed by atoms with van der Waals surface area (Å²) in [6, 6.07) is 93.3. The van der Waals surface area contributed by atoms with Gasteiger partial charge in [0.1, 0.15) is 0 Å². The Hall–Kier alpha value is -10.2. The molecule has 5 aromatic heterocycles. The number of aromatic nitrogens is 6. The fourth-order valence-electron chi connectivity index (χ4n) is 11.7. The Labute approximate surface area is 432 Å². The second-order valence-electron chi connectivity index (χ2n) is 19.1. The molecule has 0 fully saturated rings. The van der Waals surface area contributed by atoms with Crippen LogP contribution in [-0.2, 0) is 0 Å². The van der Waals surface area contributed by atoms with Gasteiger partial charge in [0, 0.05) is 49.8 Å². The first-order valence-electron chi connectivity index (χ1n) is 25.4. The van der Waals surface area contributed by atoms with E-state index in [-0.39, 0.29) is 0 Å². The smallest absolute Gasteiger partial charge is 0.161 e. The van der Waals surface area contributed by atoms with Gasteiger partial charge >= 0.3 is 0 Å². The predicted molar refractivity (Wildman–Crippen MR) is 310 cm³/mol. The molecular weight excluding hydrogens is 913 g/mol. The number of nitrogens with zero attached hydrogens (tertiary/aromatic N) is 6. The fraction of sp³-hybridized carbons (Fsp3) is 0. The van der Waals surface area contributed by atoms with Crippen molar-refractivity contribution >= 4 is 65.5 Å². The SMILES string of the molecule is c1ccc(-c2ccccc2-c2cc(-c3cc(-n4c5ccccc5c5ccccc54)c(-n4c5ccccc5c5ncccc54)c(-n4c5ccccc5c5ccccc54)c3)nc(-c3ccccc3-c3ccccc3)n2)cc1. The standard InChI is InChI=1S/C69H44N6/c1-3-22-45(23-4-1)48-26-7-9-28-50(48)58-44-57(71-69(72-58)55-33-10-8-27-49(55)46-24-5-2-6-25-46)47-42-65(73-59-35-16-11-29-51(59)52-30-12-17-36-60(52)73)68(75-63-39-20-15-34-56(63)67-64(75)40-21-41-70-67)66(43-47)74-61-37-18-13-31-53(61)54-32-14-19-38-62(54)74/h1-44H. The number of hydrogen-bond acceptors (Lipinski definition) is 3. The third-order valence-electron chi connectivity index (χ3n) is 14.9. The summed E-state index contributed by atoms with van der Waals surface area (Å²) in [5.41, 5.74) is 19.3. The molecule has 10 aromatic carbocycles. The minimum absolute atomic E-state index is 0.638. The van der Waals surface area contributed by atoms with E-state index in [0.717, 1.165) is 111 Å². The Morgan fingerprint density at radius 3 is 1.17 bits per heavy atom. The van der Waals surface area contributed by atoms with Gasteiger partial charge in [-0.15, -0.1) is 0 Å². The zero-order valence-electron chi connectivity index (χ0n) is 40.6. The first-order valence-corrected chi connectivity index (χ1v) is 25.4. The Morgan fingerprint density at radius 1 is 0.267 bits per heavy atom. The molecule has 0 radical (unpaired) electrons. The molecule has 5 heterocycles. The van der Waals surface area contributed by atoms with Gasteiger partial charge in [0.05, 0.1) is 67.1 Å². The summed E-state index contributed by atoms with van der Waals surface area (Å²) < 4.78 is 7.38. The zero-order chi connectivity index (χ0) is 49.4. The van der Waals surface area contributed by atoms with Crippen molar-refractivity contribution in [2.24, 2.45) is 0 Å². The highest BCUT2D eigenvalue weighted by Crippen LogP contribution is 2.45. The molecule has 0 aliphatic heterocycles. The van der Waals surface area contributed by atoms with Gasteiger partial charge in [-0.05, 0) is 82.9 Å². The van der Waals surface area contributed by atoms with E-state index in [0.29, 0.717) is 5.82 Å². The van der Waals surface area contributed by atoms with Gasteiger partial charge in [-0.25, -0.2) is 9.97 Å².